The van der Waals surface area contributed by atoms with E-state index in [9.17, 15) is 0 Å². The Morgan fingerprint density at radius 2 is 1.88 bits per heavy atom. The lowest BCUT2D eigenvalue weighted by Crippen LogP contribution is -2.35. The maximum absolute atomic E-state index is 2.69. The number of hydrogen-bond acceptors (Lipinski definition) is 0. The van der Waals surface area contributed by atoms with E-state index in [1.54, 1.807) is 27.6 Å². The molecule has 0 amide bonds. The second-order valence-corrected chi connectivity index (χ2v) is 9.60. The Kier molecular flexibility index (Phi) is 3.41. The van der Waals surface area contributed by atoms with Crippen LogP contribution in [0.3, 0.4) is 0 Å². The molecule has 134 valence electrons. The molecule has 2 bridgehead atoms. The average molecular weight is 343 g/mol. The van der Waals surface area contributed by atoms with Crippen molar-refractivity contribution in [3.05, 3.63) is 58.7 Å². The third kappa shape index (κ3) is 2.14. The molecular formula is C26H30. The van der Waals surface area contributed by atoms with Gasteiger partial charge in [-0.3, -0.25) is 0 Å². The van der Waals surface area contributed by atoms with E-state index in [1.807, 2.05) is 0 Å². The van der Waals surface area contributed by atoms with Gasteiger partial charge in [-0.15, -0.1) is 0 Å². The highest BCUT2D eigenvalue weighted by atomic mass is 14.5. The van der Waals surface area contributed by atoms with Crippen LogP contribution in [0.2, 0.25) is 0 Å². The van der Waals surface area contributed by atoms with Gasteiger partial charge in [0.15, 0.2) is 0 Å². The molecule has 0 nitrogen and oxygen atoms in total. The number of fused-ring (bicyclic) bond motifs is 6. The molecule has 1 spiro atoms. The normalized spacial score (nSPS) is 30.8. The minimum Gasteiger partial charge on any atom is -0.0850 e. The summed E-state index contributed by atoms with van der Waals surface area (Å²) < 4.78 is 0. The largest absolute Gasteiger partial charge is 0.0850 e. The first-order chi connectivity index (χ1) is 12.8. The molecule has 0 heterocycles. The summed E-state index contributed by atoms with van der Waals surface area (Å²) in [5.74, 6) is 1.70. The van der Waals surface area contributed by atoms with Gasteiger partial charge >= 0.3 is 0 Å². The van der Waals surface area contributed by atoms with Gasteiger partial charge < -0.3 is 0 Å². The third-order valence-electron chi connectivity index (χ3n) is 8.31. The lowest BCUT2D eigenvalue weighted by molar-refractivity contribution is 0.270. The van der Waals surface area contributed by atoms with E-state index in [0.29, 0.717) is 5.41 Å². The number of benzene rings is 2. The maximum atomic E-state index is 2.69. The third-order valence-corrected chi connectivity index (χ3v) is 8.31. The van der Waals surface area contributed by atoms with Crippen molar-refractivity contribution in [2.75, 3.05) is 0 Å². The summed E-state index contributed by atoms with van der Waals surface area (Å²) in [5, 5.41) is 3.10. The van der Waals surface area contributed by atoms with Gasteiger partial charge in [0, 0.05) is 5.41 Å². The van der Waals surface area contributed by atoms with E-state index < -0.39 is 0 Å². The Morgan fingerprint density at radius 1 is 0.962 bits per heavy atom. The molecule has 4 aliphatic carbocycles. The van der Waals surface area contributed by atoms with Crippen LogP contribution < -0.4 is 0 Å². The monoisotopic (exact) mass is 342 g/mol. The van der Waals surface area contributed by atoms with Gasteiger partial charge in [-0.1, -0.05) is 61.2 Å². The molecular weight excluding hydrogens is 312 g/mol. The van der Waals surface area contributed by atoms with Crippen molar-refractivity contribution in [3.63, 3.8) is 0 Å². The summed E-state index contributed by atoms with van der Waals surface area (Å²) in [6.07, 6.45) is 17.9. The van der Waals surface area contributed by atoms with Gasteiger partial charge in [0.1, 0.15) is 0 Å². The molecule has 2 aromatic carbocycles. The van der Waals surface area contributed by atoms with E-state index in [2.05, 4.69) is 36.4 Å². The molecule has 2 aromatic rings. The van der Waals surface area contributed by atoms with Crippen LogP contribution in [0.1, 0.15) is 86.8 Å². The van der Waals surface area contributed by atoms with E-state index in [4.69, 9.17) is 0 Å². The number of rotatable bonds is 1. The average Bonchev–Trinajstić information content (AvgIpc) is 3.29. The van der Waals surface area contributed by atoms with Crippen LogP contribution in [-0.4, -0.2) is 0 Å². The van der Waals surface area contributed by atoms with E-state index in [-0.39, 0.29) is 0 Å². The van der Waals surface area contributed by atoms with Crippen LogP contribution in [-0.2, 0) is 11.8 Å². The van der Waals surface area contributed by atoms with Crippen LogP contribution >= 0.6 is 0 Å². The smallest absolute Gasteiger partial charge is 0.00274 e. The predicted octanol–water partition coefficient (Wildman–Crippen LogP) is 7.20. The van der Waals surface area contributed by atoms with Crippen molar-refractivity contribution in [1.82, 2.24) is 0 Å². The minimum absolute atomic E-state index is 0.492. The van der Waals surface area contributed by atoms with Crippen LogP contribution in [0.5, 0.6) is 0 Å². The summed E-state index contributed by atoms with van der Waals surface area (Å²) >= 11 is 0. The summed E-state index contributed by atoms with van der Waals surface area (Å²) in [4.78, 5) is 0. The van der Waals surface area contributed by atoms with Gasteiger partial charge in [0.2, 0.25) is 0 Å². The molecule has 0 radical (unpaired) electrons. The number of hydrogen-bond donors (Lipinski definition) is 0. The zero-order valence-electron chi connectivity index (χ0n) is 15.9. The molecule has 2 saturated carbocycles. The highest BCUT2D eigenvalue weighted by Gasteiger charge is 2.50. The van der Waals surface area contributed by atoms with Gasteiger partial charge in [0.05, 0.1) is 0 Å². The second kappa shape index (κ2) is 5.72. The summed E-state index contributed by atoms with van der Waals surface area (Å²) in [6, 6.07) is 12.4. The second-order valence-electron chi connectivity index (χ2n) is 9.60. The molecule has 4 aliphatic rings. The zero-order chi connectivity index (χ0) is 17.1. The molecule has 0 saturated heterocycles. The standard InChI is InChI=1S/C26H30/c1-2-6-19(7-3-1)23-10-4-8-20-15-21-9-5-13-26(25(21)16-24(20)23)17-18-11-12-22(26)14-18/h4,8,10-11,15-16,19,22H,1-3,5-7,9,12-14,17H2. The molecule has 2 fully saturated rings. The first kappa shape index (κ1) is 15.5. The molecule has 26 heavy (non-hydrogen) atoms. The Bertz CT molecular complexity index is 896. The molecule has 2 atom stereocenters. The number of aryl methyl sites for hydroxylation is 1. The predicted molar refractivity (Wildman–Crippen MR) is 110 cm³/mol. The van der Waals surface area contributed by atoms with Crippen molar-refractivity contribution >= 4 is 10.8 Å². The summed E-state index contributed by atoms with van der Waals surface area (Å²) in [5.41, 5.74) is 7.35. The molecule has 0 heteroatoms. The number of allylic oxidation sites excluding steroid dienone is 2. The van der Waals surface area contributed by atoms with Crippen LogP contribution in [0.15, 0.2) is 42.0 Å². The molecule has 0 aromatic heterocycles. The van der Waals surface area contributed by atoms with Crippen molar-refractivity contribution < 1.29 is 0 Å². The Morgan fingerprint density at radius 3 is 2.69 bits per heavy atom. The van der Waals surface area contributed by atoms with Crippen LogP contribution in [0, 0.1) is 5.92 Å². The zero-order valence-corrected chi connectivity index (χ0v) is 15.9. The quantitative estimate of drug-likeness (QED) is 0.481. The highest BCUT2D eigenvalue weighted by Crippen LogP contribution is 2.59. The Hall–Kier alpha value is -1.56. The van der Waals surface area contributed by atoms with Crippen molar-refractivity contribution in [3.8, 4) is 0 Å². The van der Waals surface area contributed by atoms with Crippen LogP contribution in [0.25, 0.3) is 10.8 Å². The molecule has 0 N–H and O–H groups in total. The van der Waals surface area contributed by atoms with Crippen molar-refractivity contribution in [1.29, 1.82) is 0 Å². The summed E-state index contributed by atoms with van der Waals surface area (Å²) in [7, 11) is 0. The van der Waals surface area contributed by atoms with Gasteiger partial charge in [-0.05, 0) is 90.7 Å². The van der Waals surface area contributed by atoms with E-state index >= 15 is 0 Å². The first-order valence-electron chi connectivity index (χ1n) is 11.1. The highest BCUT2D eigenvalue weighted by molar-refractivity contribution is 5.88. The topological polar surface area (TPSA) is 0 Å². The van der Waals surface area contributed by atoms with Crippen molar-refractivity contribution in [2.24, 2.45) is 5.92 Å². The Balaban J connectivity index is 1.54. The van der Waals surface area contributed by atoms with Crippen molar-refractivity contribution in [2.45, 2.75) is 82.0 Å². The van der Waals surface area contributed by atoms with Gasteiger partial charge in [0.25, 0.3) is 0 Å². The van der Waals surface area contributed by atoms with Gasteiger partial charge in [-0.2, -0.15) is 0 Å². The first-order valence-corrected chi connectivity index (χ1v) is 11.1. The fourth-order valence-corrected chi connectivity index (χ4v) is 7.08. The van der Waals surface area contributed by atoms with E-state index in [1.165, 1.54) is 76.0 Å². The lowest BCUT2D eigenvalue weighted by atomic mass is 9.62. The van der Waals surface area contributed by atoms with E-state index in [0.717, 1.165) is 11.8 Å². The maximum Gasteiger partial charge on any atom is 0.00274 e. The lowest BCUT2D eigenvalue weighted by Gasteiger charge is -2.42. The SMILES string of the molecule is C1=C2CC(C1)C1(CCCc3cc4cccc(C5CCCCC5)c4cc31)C2. The molecule has 2 unspecified atom stereocenters. The fourth-order valence-electron chi connectivity index (χ4n) is 7.08. The van der Waals surface area contributed by atoms with Crippen LogP contribution in [0.4, 0.5) is 0 Å². The fraction of sp³-hybridized carbons (Fsp3) is 0.538. The Labute approximate surface area is 157 Å². The molecule has 0 aliphatic heterocycles. The summed E-state index contributed by atoms with van der Waals surface area (Å²) in [6.45, 7) is 0. The minimum atomic E-state index is 0.492. The van der Waals surface area contributed by atoms with Gasteiger partial charge in [-0.25, -0.2) is 0 Å². The molecule has 6 rings (SSSR count).